The number of rotatable bonds is 6. The van der Waals surface area contributed by atoms with Gasteiger partial charge in [0.15, 0.2) is 5.84 Å². The Labute approximate surface area is 86.6 Å². The number of nitrogens with zero attached hydrogens (tertiary/aromatic N) is 1. The fraction of sp³-hybridized carbons (Fsp3) is 0.900. The predicted molar refractivity (Wildman–Crippen MR) is 59.5 cm³/mol. The molecule has 4 heteroatoms. The van der Waals surface area contributed by atoms with Gasteiger partial charge in [-0.15, -0.1) is 0 Å². The summed E-state index contributed by atoms with van der Waals surface area (Å²) in [4.78, 5) is 0. The van der Waals surface area contributed by atoms with Gasteiger partial charge in [0, 0.05) is 0 Å². The molecule has 0 saturated heterocycles. The molecular weight excluding hydrogens is 178 g/mol. The van der Waals surface area contributed by atoms with Crippen molar-refractivity contribution in [2.75, 3.05) is 6.54 Å². The molecule has 0 radical (unpaired) electrons. The molecule has 0 aliphatic carbocycles. The molecule has 4 N–H and O–H groups in total. The number of nitrogens with two attached hydrogens (primary N) is 1. The fourth-order valence-corrected chi connectivity index (χ4v) is 1.09. The van der Waals surface area contributed by atoms with Crippen molar-refractivity contribution in [1.29, 1.82) is 0 Å². The molecule has 0 aromatic rings. The summed E-state index contributed by atoms with van der Waals surface area (Å²) in [6.45, 7) is 9.48. The van der Waals surface area contributed by atoms with Crippen LogP contribution in [-0.2, 0) is 0 Å². The molecule has 2 atom stereocenters. The van der Waals surface area contributed by atoms with Gasteiger partial charge in [-0.3, -0.25) is 0 Å². The highest BCUT2D eigenvalue weighted by Crippen LogP contribution is 2.08. The second-order valence-corrected chi connectivity index (χ2v) is 4.12. The van der Waals surface area contributed by atoms with E-state index in [1.54, 1.807) is 0 Å². The van der Waals surface area contributed by atoms with E-state index in [0.717, 1.165) is 13.0 Å². The zero-order valence-corrected chi connectivity index (χ0v) is 9.62. The predicted octanol–water partition coefficient (Wildman–Crippen LogP) is 1.39. The zero-order chi connectivity index (χ0) is 11.1. The van der Waals surface area contributed by atoms with Gasteiger partial charge in [0.1, 0.15) is 0 Å². The van der Waals surface area contributed by atoms with Gasteiger partial charge in [0.2, 0.25) is 0 Å². The first-order valence-electron chi connectivity index (χ1n) is 5.23. The van der Waals surface area contributed by atoms with E-state index in [1.807, 2.05) is 6.92 Å². The summed E-state index contributed by atoms with van der Waals surface area (Å²) in [5.41, 5.74) is 5.53. The average Bonchev–Trinajstić information content (AvgIpc) is 2.17. The quantitative estimate of drug-likeness (QED) is 0.263. The third-order valence-electron chi connectivity index (χ3n) is 2.71. The Morgan fingerprint density at radius 3 is 2.36 bits per heavy atom. The lowest BCUT2D eigenvalue weighted by Crippen LogP contribution is -2.43. The lowest BCUT2D eigenvalue weighted by Gasteiger charge is -2.20. The van der Waals surface area contributed by atoms with Crippen molar-refractivity contribution in [3.05, 3.63) is 0 Å². The lowest BCUT2D eigenvalue weighted by atomic mass is 9.98. The van der Waals surface area contributed by atoms with E-state index in [2.05, 4.69) is 31.2 Å². The molecule has 0 aliphatic rings. The highest BCUT2D eigenvalue weighted by atomic mass is 16.4. The minimum atomic E-state index is -0.0128. The Morgan fingerprint density at radius 2 is 2.00 bits per heavy atom. The fourth-order valence-electron chi connectivity index (χ4n) is 1.09. The van der Waals surface area contributed by atoms with Crippen LogP contribution in [0.4, 0.5) is 0 Å². The van der Waals surface area contributed by atoms with E-state index in [0.29, 0.717) is 11.8 Å². The maximum Gasteiger partial charge on any atom is 0.156 e. The van der Waals surface area contributed by atoms with Crippen LogP contribution in [-0.4, -0.2) is 23.6 Å². The molecule has 0 heterocycles. The Balaban J connectivity index is 3.96. The number of hydrogen-bond acceptors (Lipinski definition) is 3. The first-order chi connectivity index (χ1) is 6.52. The number of amidine groups is 1. The number of oxime groups is 1. The van der Waals surface area contributed by atoms with E-state index in [-0.39, 0.29) is 11.9 Å². The van der Waals surface area contributed by atoms with Gasteiger partial charge >= 0.3 is 0 Å². The van der Waals surface area contributed by atoms with Crippen molar-refractivity contribution in [3.63, 3.8) is 0 Å². The van der Waals surface area contributed by atoms with Crippen molar-refractivity contribution in [2.24, 2.45) is 22.7 Å². The minimum Gasteiger partial charge on any atom is -0.409 e. The molecule has 0 saturated carbocycles. The molecule has 0 fully saturated rings. The van der Waals surface area contributed by atoms with Crippen LogP contribution < -0.4 is 11.1 Å². The summed E-state index contributed by atoms with van der Waals surface area (Å²) in [5, 5.41) is 14.8. The highest BCUT2D eigenvalue weighted by Gasteiger charge is 2.13. The smallest absolute Gasteiger partial charge is 0.156 e. The molecule has 2 unspecified atom stereocenters. The SMILES string of the molecule is CCC(NCC(C)C(C)C)C(N)=NO. The van der Waals surface area contributed by atoms with Crippen LogP contribution in [0.2, 0.25) is 0 Å². The third kappa shape index (κ3) is 4.46. The molecule has 0 amide bonds. The van der Waals surface area contributed by atoms with Crippen molar-refractivity contribution < 1.29 is 5.21 Å². The summed E-state index contributed by atoms with van der Waals surface area (Å²) in [6.07, 6.45) is 0.834. The minimum absolute atomic E-state index is 0.0128. The van der Waals surface area contributed by atoms with Crippen LogP contribution in [0, 0.1) is 11.8 Å². The Kier molecular flexibility index (Phi) is 6.28. The summed E-state index contributed by atoms with van der Waals surface area (Å²) in [6, 6.07) is -0.0128. The van der Waals surface area contributed by atoms with Crippen LogP contribution in [0.5, 0.6) is 0 Å². The van der Waals surface area contributed by atoms with E-state index in [1.165, 1.54) is 0 Å². The molecule has 0 spiro atoms. The van der Waals surface area contributed by atoms with E-state index < -0.39 is 0 Å². The largest absolute Gasteiger partial charge is 0.409 e. The first kappa shape index (κ1) is 13.2. The molecule has 0 bridgehead atoms. The number of nitrogens with one attached hydrogen (secondary N) is 1. The Morgan fingerprint density at radius 1 is 1.43 bits per heavy atom. The molecule has 0 aromatic heterocycles. The monoisotopic (exact) mass is 201 g/mol. The van der Waals surface area contributed by atoms with Crippen LogP contribution in [0.25, 0.3) is 0 Å². The van der Waals surface area contributed by atoms with E-state index in [4.69, 9.17) is 10.9 Å². The summed E-state index contributed by atoms with van der Waals surface area (Å²) >= 11 is 0. The average molecular weight is 201 g/mol. The van der Waals surface area contributed by atoms with Crippen LogP contribution >= 0.6 is 0 Å². The molecule has 0 aromatic carbocycles. The van der Waals surface area contributed by atoms with Crippen molar-refractivity contribution in [3.8, 4) is 0 Å². The standard InChI is InChI=1S/C10H23N3O/c1-5-9(10(11)13-14)12-6-8(4)7(2)3/h7-9,12,14H,5-6H2,1-4H3,(H2,11,13). The third-order valence-corrected chi connectivity index (χ3v) is 2.71. The molecular formula is C10H23N3O. The molecule has 0 rings (SSSR count). The summed E-state index contributed by atoms with van der Waals surface area (Å²) in [5.74, 6) is 1.51. The van der Waals surface area contributed by atoms with Gasteiger partial charge in [-0.05, 0) is 24.8 Å². The van der Waals surface area contributed by atoms with E-state index >= 15 is 0 Å². The lowest BCUT2D eigenvalue weighted by molar-refractivity contribution is 0.312. The number of hydrogen-bond donors (Lipinski definition) is 3. The highest BCUT2D eigenvalue weighted by molar-refractivity contribution is 5.85. The van der Waals surface area contributed by atoms with Gasteiger partial charge in [0.05, 0.1) is 6.04 Å². The van der Waals surface area contributed by atoms with E-state index in [9.17, 15) is 0 Å². The first-order valence-corrected chi connectivity index (χ1v) is 5.23. The second kappa shape index (κ2) is 6.65. The summed E-state index contributed by atoms with van der Waals surface area (Å²) < 4.78 is 0. The Hall–Kier alpha value is -0.770. The van der Waals surface area contributed by atoms with Crippen molar-refractivity contribution in [2.45, 2.75) is 40.2 Å². The van der Waals surface area contributed by atoms with Crippen molar-refractivity contribution >= 4 is 5.84 Å². The zero-order valence-electron chi connectivity index (χ0n) is 9.62. The van der Waals surface area contributed by atoms with Gasteiger partial charge in [-0.2, -0.15) is 0 Å². The molecule has 0 aliphatic heterocycles. The molecule has 4 nitrogen and oxygen atoms in total. The second-order valence-electron chi connectivity index (χ2n) is 4.12. The maximum atomic E-state index is 8.53. The van der Waals surface area contributed by atoms with Gasteiger partial charge in [-0.25, -0.2) is 0 Å². The van der Waals surface area contributed by atoms with Crippen LogP contribution in [0.15, 0.2) is 5.16 Å². The topological polar surface area (TPSA) is 70.6 Å². The normalized spacial score (nSPS) is 17.1. The van der Waals surface area contributed by atoms with Crippen molar-refractivity contribution in [1.82, 2.24) is 5.32 Å². The maximum absolute atomic E-state index is 8.53. The molecule has 14 heavy (non-hydrogen) atoms. The van der Waals surface area contributed by atoms with Crippen LogP contribution in [0.3, 0.4) is 0 Å². The van der Waals surface area contributed by atoms with Crippen LogP contribution in [0.1, 0.15) is 34.1 Å². The Bertz CT molecular complexity index is 180. The van der Waals surface area contributed by atoms with Gasteiger partial charge in [-0.1, -0.05) is 32.9 Å². The van der Waals surface area contributed by atoms with Gasteiger partial charge < -0.3 is 16.3 Å². The van der Waals surface area contributed by atoms with Gasteiger partial charge in [0.25, 0.3) is 0 Å². The molecule has 84 valence electrons. The summed E-state index contributed by atoms with van der Waals surface area (Å²) in [7, 11) is 0.